The fourth-order valence-electron chi connectivity index (χ4n) is 1.66. The number of para-hydroxylation sites is 1. The van der Waals surface area contributed by atoms with Crippen LogP contribution >= 0.6 is 0 Å². The average molecular weight is 255 g/mol. The molecule has 1 aromatic carbocycles. The third-order valence-corrected chi connectivity index (χ3v) is 2.62. The van der Waals surface area contributed by atoms with E-state index in [4.69, 9.17) is 10.5 Å². The maximum atomic E-state index is 5.78. The van der Waals surface area contributed by atoms with Crippen molar-refractivity contribution in [2.75, 3.05) is 6.54 Å². The van der Waals surface area contributed by atoms with E-state index in [1.54, 1.807) is 0 Å². The van der Waals surface area contributed by atoms with Crippen molar-refractivity contribution in [3.63, 3.8) is 0 Å². The summed E-state index contributed by atoms with van der Waals surface area (Å²) in [7, 11) is 0. The molecule has 0 unspecified atom stereocenters. The highest BCUT2D eigenvalue weighted by molar-refractivity contribution is 5.46. The zero-order valence-corrected chi connectivity index (χ0v) is 11.0. The molecule has 19 heavy (non-hydrogen) atoms. The first-order valence-electron chi connectivity index (χ1n) is 6.25. The number of hydrogen-bond acceptors (Lipinski definition) is 3. The van der Waals surface area contributed by atoms with Crippen LogP contribution in [0.3, 0.4) is 0 Å². The summed E-state index contributed by atoms with van der Waals surface area (Å²) in [6.45, 7) is 3.74. The Kier molecular flexibility index (Phi) is 4.60. The van der Waals surface area contributed by atoms with Gasteiger partial charge < -0.3 is 10.5 Å². The minimum absolute atomic E-state index is 0.345. The van der Waals surface area contributed by atoms with Crippen LogP contribution in [0.15, 0.2) is 36.7 Å². The summed E-state index contributed by atoms with van der Waals surface area (Å²) >= 11 is 0. The van der Waals surface area contributed by atoms with Crippen LogP contribution in [0.5, 0.6) is 5.75 Å². The van der Waals surface area contributed by atoms with Gasteiger partial charge >= 0.3 is 0 Å². The second-order valence-corrected chi connectivity index (χ2v) is 4.00. The van der Waals surface area contributed by atoms with Gasteiger partial charge in [-0.05, 0) is 19.1 Å². The Balaban J connectivity index is 2.06. The molecule has 0 atom stereocenters. The molecule has 0 aliphatic rings. The summed E-state index contributed by atoms with van der Waals surface area (Å²) < 4.78 is 7.66. The molecule has 4 nitrogen and oxygen atoms in total. The number of hydrogen-bond donors (Lipinski definition) is 1. The molecule has 1 heterocycles. The number of ether oxygens (including phenoxy) is 1. The van der Waals surface area contributed by atoms with E-state index in [1.165, 1.54) is 0 Å². The fourth-order valence-corrected chi connectivity index (χ4v) is 1.66. The van der Waals surface area contributed by atoms with Gasteiger partial charge in [0.05, 0.1) is 18.3 Å². The molecule has 98 valence electrons. The van der Waals surface area contributed by atoms with Crippen molar-refractivity contribution in [3.8, 4) is 17.6 Å². The third kappa shape index (κ3) is 3.60. The molecule has 4 heteroatoms. The van der Waals surface area contributed by atoms with E-state index in [1.807, 2.05) is 41.3 Å². The molecule has 0 fully saturated rings. The minimum atomic E-state index is 0.345. The van der Waals surface area contributed by atoms with Gasteiger partial charge in [-0.2, -0.15) is 5.10 Å². The molecule has 0 saturated carbocycles. The summed E-state index contributed by atoms with van der Waals surface area (Å²) in [5, 5.41) is 4.21. The first-order valence-corrected chi connectivity index (χ1v) is 6.25. The van der Waals surface area contributed by atoms with Gasteiger partial charge in [0.15, 0.2) is 0 Å². The van der Waals surface area contributed by atoms with Crippen LogP contribution in [0.2, 0.25) is 0 Å². The predicted molar refractivity (Wildman–Crippen MR) is 74.6 cm³/mol. The van der Waals surface area contributed by atoms with Crippen molar-refractivity contribution in [1.82, 2.24) is 9.78 Å². The van der Waals surface area contributed by atoms with Crippen LogP contribution in [-0.2, 0) is 13.2 Å². The monoisotopic (exact) mass is 255 g/mol. The normalized spacial score (nSPS) is 9.79. The maximum Gasteiger partial charge on any atom is 0.135 e. The molecule has 2 N–H and O–H groups in total. The van der Waals surface area contributed by atoms with Gasteiger partial charge in [-0.3, -0.25) is 4.68 Å². The van der Waals surface area contributed by atoms with Crippen molar-refractivity contribution in [2.24, 2.45) is 5.73 Å². The lowest BCUT2D eigenvalue weighted by Crippen LogP contribution is -1.97. The van der Waals surface area contributed by atoms with Crippen LogP contribution in [0.1, 0.15) is 18.1 Å². The smallest absolute Gasteiger partial charge is 0.135 e. The highest BCUT2D eigenvalue weighted by Gasteiger charge is 2.02. The Hall–Kier alpha value is -2.25. The van der Waals surface area contributed by atoms with E-state index in [0.717, 1.165) is 23.4 Å². The van der Waals surface area contributed by atoms with Crippen molar-refractivity contribution in [1.29, 1.82) is 0 Å². The molecule has 0 radical (unpaired) electrons. The van der Waals surface area contributed by atoms with Crippen molar-refractivity contribution in [3.05, 3.63) is 47.8 Å². The van der Waals surface area contributed by atoms with E-state index >= 15 is 0 Å². The molecular formula is C15H17N3O. The number of aryl methyl sites for hydroxylation is 1. The summed E-state index contributed by atoms with van der Waals surface area (Å²) in [4.78, 5) is 0. The summed E-state index contributed by atoms with van der Waals surface area (Å²) in [6.07, 6.45) is 3.80. The molecule has 2 aromatic rings. The van der Waals surface area contributed by atoms with Gasteiger partial charge in [0, 0.05) is 18.3 Å². The molecule has 0 bridgehead atoms. The highest BCUT2D eigenvalue weighted by Crippen LogP contribution is 2.18. The lowest BCUT2D eigenvalue weighted by molar-refractivity contribution is 0.305. The van der Waals surface area contributed by atoms with E-state index in [9.17, 15) is 0 Å². The number of rotatable bonds is 4. The lowest BCUT2D eigenvalue weighted by atomic mass is 10.2. The minimum Gasteiger partial charge on any atom is -0.487 e. The first-order chi connectivity index (χ1) is 9.33. The predicted octanol–water partition coefficient (Wildman–Crippen LogP) is 1.79. The van der Waals surface area contributed by atoms with Crippen molar-refractivity contribution in [2.45, 2.75) is 20.1 Å². The molecule has 0 aliphatic carbocycles. The van der Waals surface area contributed by atoms with Crippen LogP contribution in [-0.4, -0.2) is 16.3 Å². The van der Waals surface area contributed by atoms with E-state index in [0.29, 0.717) is 13.2 Å². The summed E-state index contributed by atoms with van der Waals surface area (Å²) in [6, 6.07) is 7.69. The Morgan fingerprint density at radius 2 is 2.21 bits per heavy atom. The number of benzene rings is 1. The Bertz CT molecular complexity index is 593. The molecule has 0 amide bonds. The van der Waals surface area contributed by atoms with Gasteiger partial charge in [0.2, 0.25) is 0 Å². The Morgan fingerprint density at radius 3 is 2.95 bits per heavy atom. The van der Waals surface area contributed by atoms with Crippen LogP contribution in [0.4, 0.5) is 0 Å². The molecule has 0 aliphatic heterocycles. The van der Waals surface area contributed by atoms with Gasteiger partial charge in [0.25, 0.3) is 0 Å². The van der Waals surface area contributed by atoms with Crippen molar-refractivity contribution < 1.29 is 4.74 Å². The van der Waals surface area contributed by atoms with Crippen molar-refractivity contribution >= 4 is 0 Å². The standard InChI is InChI=1S/C15H17N3O/c1-2-18-11-13(10-17-18)12-19-15-8-4-3-6-14(15)7-5-9-16/h3-4,6,8,10-11H,2,9,12,16H2,1H3. The molecule has 0 spiro atoms. The molecule has 0 saturated heterocycles. The summed E-state index contributed by atoms with van der Waals surface area (Å²) in [5.74, 6) is 6.61. The van der Waals surface area contributed by atoms with Crippen LogP contribution < -0.4 is 10.5 Å². The van der Waals surface area contributed by atoms with E-state index in [-0.39, 0.29) is 0 Å². The second kappa shape index (κ2) is 6.62. The summed E-state index contributed by atoms with van der Waals surface area (Å²) in [5.41, 5.74) is 7.29. The molecule has 1 aromatic heterocycles. The van der Waals surface area contributed by atoms with Crippen LogP contribution in [0.25, 0.3) is 0 Å². The Morgan fingerprint density at radius 1 is 1.37 bits per heavy atom. The second-order valence-electron chi connectivity index (χ2n) is 4.00. The number of nitrogens with zero attached hydrogens (tertiary/aromatic N) is 2. The first kappa shape index (κ1) is 13.2. The largest absolute Gasteiger partial charge is 0.487 e. The highest BCUT2D eigenvalue weighted by atomic mass is 16.5. The Labute approximate surface area is 113 Å². The number of aromatic nitrogens is 2. The topological polar surface area (TPSA) is 53.1 Å². The maximum absolute atomic E-state index is 5.78. The molecule has 2 rings (SSSR count). The number of nitrogens with two attached hydrogens (primary N) is 1. The van der Waals surface area contributed by atoms with Gasteiger partial charge in [-0.1, -0.05) is 24.0 Å². The molecular weight excluding hydrogens is 238 g/mol. The lowest BCUT2D eigenvalue weighted by Gasteiger charge is -2.06. The third-order valence-electron chi connectivity index (χ3n) is 2.62. The quantitative estimate of drug-likeness (QED) is 0.847. The zero-order chi connectivity index (χ0) is 13.5. The van der Waals surface area contributed by atoms with E-state index < -0.39 is 0 Å². The average Bonchev–Trinajstić information content (AvgIpc) is 2.91. The van der Waals surface area contributed by atoms with E-state index in [2.05, 4.69) is 23.9 Å². The van der Waals surface area contributed by atoms with Gasteiger partial charge in [-0.25, -0.2) is 0 Å². The fraction of sp³-hybridized carbons (Fsp3) is 0.267. The van der Waals surface area contributed by atoms with Gasteiger partial charge in [-0.15, -0.1) is 0 Å². The SMILES string of the molecule is CCn1cc(COc2ccccc2C#CCN)cn1. The van der Waals surface area contributed by atoms with Crippen LogP contribution in [0, 0.1) is 11.8 Å². The van der Waals surface area contributed by atoms with Gasteiger partial charge in [0.1, 0.15) is 12.4 Å². The zero-order valence-electron chi connectivity index (χ0n) is 11.0.